The summed E-state index contributed by atoms with van der Waals surface area (Å²) in [6.07, 6.45) is 6.59. The molecule has 2 aromatic rings. The van der Waals surface area contributed by atoms with Gasteiger partial charge in [0.25, 0.3) is 0 Å². The summed E-state index contributed by atoms with van der Waals surface area (Å²) in [4.78, 5) is 13.6. The van der Waals surface area contributed by atoms with Crippen LogP contribution in [0.2, 0.25) is 0 Å². The zero-order valence-electron chi connectivity index (χ0n) is 15.6. The lowest BCUT2D eigenvalue weighted by atomic mass is 10.1. The number of methoxy groups -OCH3 is 1. The van der Waals surface area contributed by atoms with Crippen LogP contribution in [0.1, 0.15) is 30.4 Å². The van der Waals surface area contributed by atoms with Crippen LogP contribution in [0.3, 0.4) is 0 Å². The normalized spacial score (nSPS) is 15.8. The number of ether oxygens (including phenoxy) is 2. The Balaban J connectivity index is 1.42. The van der Waals surface area contributed by atoms with Crippen molar-refractivity contribution in [2.75, 3.05) is 20.2 Å². The third kappa shape index (κ3) is 5.33. The fourth-order valence-electron chi connectivity index (χ4n) is 3.24. The van der Waals surface area contributed by atoms with Gasteiger partial charge in [-0.2, -0.15) is 5.10 Å². The van der Waals surface area contributed by atoms with Gasteiger partial charge in [-0.15, -0.1) is 0 Å². The lowest BCUT2D eigenvalue weighted by molar-refractivity contribution is -0.140. The van der Waals surface area contributed by atoms with Crippen LogP contribution >= 0.6 is 0 Å². The first kappa shape index (κ1) is 18.5. The molecule has 0 spiro atoms. The van der Waals surface area contributed by atoms with Crippen LogP contribution < -0.4 is 4.74 Å². The van der Waals surface area contributed by atoms with Gasteiger partial charge in [-0.05, 0) is 37.5 Å². The van der Waals surface area contributed by atoms with Crippen molar-refractivity contribution >= 4 is 5.97 Å². The second-order valence-electron chi connectivity index (χ2n) is 6.85. The van der Waals surface area contributed by atoms with Crippen molar-refractivity contribution in [3.05, 3.63) is 47.8 Å². The standard InChI is InChI=1S/C20H27N3O3/c1-16-4-3-5-19(12-16)26-18-6-9-22(10-7-18)14-17-13-21-23(15-17)11-8-20(24)25-2/h3-5,12-13,15,18H,6-11,14H2,1-2H3. The molecule has 0 aliphatic carbocycles. The van der Waals surface area contributed by atoms with Crippen LogP contribution in [0.5, 0.6) is 5.75 Å². The highest BCUT2D eigenvalue weighted by molar-refractivity contribution is 5.68. The summed E-state index contributed by atoms with van der Waals surface area (Å²) >= 11 is 0. The van der Waals surface area contributed by atoms with Crippen molar-refractivity contribution in [1.82, 2.24) is 14.7 Å². The lowest BCUT2D eigenvalue weighted by Crippen LogP contribution is -2.37. The Kier molecular flexibility index (Phi) is 6.28. The van der Waals surface area contributed by atoms with Crippen LogP contribution in [0, 0.1) is 6.92 Å². The summed E-state index contributed by atoms with van der Waals surface area (Å²) in [5, 5.41) is 4.32. The maximum atomic E-state index is 11.2. The van der Waals surface area contributed by atoms with E-state index in [1.165, 1.54) is 18.2 Å². The number of nitrogens with zero attached hydrogens (tertiary/aromatic N) is 3. The Morgan fingerprint density at radius 2 is 2.12 bits per heavy atom. The monoisotopic (exact) mass is 357 g/mol. The van der Waals surface area contributed by atoms with Crippen molar-refractivity contribution in [3.63, 3.8) is 0 Å². The fraction of sp³-hybridized carbons (Fsp3) is 0.500. The number of aryl methyl sites for hydroxylation is 2. The molecule has 2 heterocycles. The molecule has 0 radical (unpaired) electrons. The fourth-order valence-corrected chi connectivity index (χ4v) is 3.24. The third-order valence-corrected chi connectivity index (χ3v) is 4.69. The van der Waals surface area contributed by atoms with E-state index in [9.17, 15) is 4.79 Å². The highest BCUT2D eigenvalue weighted by Gasteiger charge is 2.21. The Labute approximate surface area is 154 Å². The quantitative estimate of drug-likeness (QED) is 0.713. The second kappa shape index (κ2) is 8.85. The molecule has 1 saturated heterocycles. The molecule has 1 aromatic heterocycles. The molecule has 140 valence electrons. The molecule has 0 bridgehead atoms. The van der Waals surface area contributed by atoms with Crippen molar-refractivity contribution in [1.29, 1.82) is 0 Å². The molecule has 0 N–H and O–H groups in total. The second-order valence-corrected chi connectivity index (χ2v) is 6.85. The van der Waals surface area contributed by atoms with E-state index in [1.54, 1.807) is 4.68 Å². The number of likely N-dealkylation sites (tertiary alicyclic amines) is 1. The van der Waals surface area contributed by atoms with E-state index in [0.29, 0.717) is 13.0 Å². The lowest BCUT2D eigenvalue weighted by Gasteiger charge is -2.31. The first-order chi connectivity index (χ1) is 12.6. The van der Waals surface area contributed by atoms with E-state index in [0.717, 1.165) is 38.2 Å². The minimum Gasteiger partial charge on any atom is -0.490 e. The minimum atomic E-state index is -0.210. The van der Waals surface area contributed by atoms with Crippen molar-refractivity contribution in [2.45, 2.75) is 45.4 Å². The predicted molar refractivity (Wildman–Crippen MR) is 99.0 cm³/mol. The number of esters is 1. The van der Waals surface area contributed by atoms with Crippen LogP contribution in [-0.2, 0) is 22.6 Å². The first-order valence-corrected chi connectivity index (χ1v) is 9.16. The molecular formula is C20H27N3O3. The summed E-state index contributed by atoms with van der Waals surface area (Å²) in [7, 11) is 1.41. The molecule has 26 heavy (non-hydrogen) atoms. The summed E-state index contributed by atoms with van der Waals surface area (Å²) < 4.78 is 12.6. The number of hydrogen-bond donors (Lipinski definition) is 0. The largest absolute Gasteiger partial charge is 0.490 e. The summed E-state index contributed by atoms with van der Waals surface area (Å²) in [5.41, 5.74) is 2.40. The predicted octanol–water partition coefficient (Wildman–Crippen LogP) is 2.80. The summed E-state index contributed by atoms with van der Waals surface area (Å²) in [6, 6.07) is 8.25. The highest BCUT2D eigenvalue weighted by Crippen LogP contribution is 2.21. The third-order valence-electron chi connectivity index (χ3n) is 4.69. The maximum absolute atomic E-state index is 11.2. The molecule has 1 aliphatic rings. The van der Waals surface area contributed by atoms with E-state index in [1.807, 2.05) is 24.5 Å². The van der Waals surface area contributed by atoms with Crippen molar-refractivity contribution in [2.24, 2.45) is 0 Å². The molecule has 1 aromatic carbocycles. The Bertz CT molecular complexity index is 721. The zero-order valence-corrected chi connectivity index (χ0v) is 15.6. The maximum Gasteiger partial charge on any atom is 0.307 e. The summed E-state index contributed by atoms with van der Waals surface area (Å²) in [5.74, 6) is 0.757. The average molecular weight is 357 g/mol. The van der Waals surface area contributed by atoms with Crippen LogP contribution in [0.15, 0.2) is 36.7 Å². The van der Waals surface area contributed by atoms with Crippen LogP contribution in [0.25, 0.3) is 0 Å². The molecule has 0 saturated carbocycles. The van der Waals surface area contributed by atoms with Gasteiger partial charge in [0.15, 0.2) is 0 Å². The van der Waals surface area contributed by atoms with E-state index in [-0.39, 0.29) is 12.1 Å². The number of piperidine rings is 1. The van der Waals surface area contributed by atoms with Gasteiger partial charge in [0.2, 0.25) is 0 Å². The summed E-state index contributed by atoms with van der Waals surface area (Å²) in [6.45, 7) is 5.56. The Morgan fingerprint density at radius 3 is 2.85 bits per heavy atom. The SMILES string of the molecule is COC(=O)CCn1cc(CN2CCC(Oc3cccc(C)c3)CC2)cn1. The number of carbonyl (C=O) groups excluding carboxylic acids is 1. The topological polar surface area (TPSA) is 56.6 Å². The van der Waals surface area contributed by atoms with Gasteiger partial charge in [-0.1, -0.05) is 12.1 Å². The van der Waals surface area contributed by atoms with E-state index in [2.05, 4.69) is 33.8 Å². The van der Waals surface area contributed by atoms with Crippen molar-refractivity contribution < 1.29 is 14.3 Å². The van der Waals surface area contributed by atoms with Crippen LogP contribution in [-0.4, -0.2) is 47.0 Å². The molecule has 0 atom stereocenters. The van der Waals surface area contributed by atoms with Gasteiger partial charge in [0.1, 0.15) is 11.9 Å². The van der Waals surface area contributed by atoms with E-state index in [4.69, 9.17) is 4.74 Å². The molecule has 6 nitrogen and oxygen atoms in total. The number of benzene rings is 1. The van der Waals surface area contributed by atoms with E-state index >= 15 is 0 Å². The zero-order chi connectivity index (χ0) is 18.4. The molecule has 3 rings (SSSR count). The molecule has 0 amide bonds. The Morgan fingerprint density at radius 1 is 1.31 bits per heavy atom. The first-order valence-electron chi connectivity index (χ1n) is 9.16. The van der Waals surface area contributed by atoms with E-state index < -0.39 is 0 Å². The molecule has 1 fully saturated rings. The molecule has 0 unspecified atom stereocenters. The van der Waals surface area contributed by atoms with Gasteiger partial charge in [0.05, 0.1) is 26.3 Å². The minimum absolute atomic E-state index is 0.210. The van der Waals surface area contributed by atoms with Gasteiger partial charge >= 0.3 is 5.97 Å². The van der Waals surface area contributed by atoms with Gasteiger partial charge < -0.3 is 9.47 Å². The van der Waals surface area contributed by atoms with Gasteiger partial charge in [-0.3, -0.25) is 14.4 Å². The van der Waals surface area contributed by atoms with Gasteiger partial charge in [-0.25, -0.2) is 0 Å². The Hall–Kier alpha value is -2.34. The van der Waals surface area contributed by atoms with Gasteiger partial charge in [0, 0.05) is 31.4 Å². The average Bonchev–Trinajstić information content (AvgIpc) is 3.09. The van der Waals surface area contributed by atoms with Crippen LogP contribution in [0.4, 0.5) is 0 Å². The number of carbonyl (C=O) groups is 1. The smallest absolute Gasteiger partial charge is 0.307 e. The molecular weight excluding hydrogens is 330 g/mol. The molecule has 1 aliphatic heterocycles. The number of hydrogen-bond acceptors (Lipinski definition) is 5. The number of rotatable bonds is 7. The van der Waals surface area contributed by atoms with Crippen molar-refractivity contribution in [3.8, 4) is 5.75 Å². The highest BCUT2D eigenvalue weighted by atomic mass is 16.5. The number of aromatic nitrogens is 2. The molecule has 6 heteroatoms.